The van der Waals surface area contributed by atoms with Gasteiger partial charge in [0.2, 0.25) is 5.75 Å². The van der Waals surface area contributed by atoms with E-state index in [0.29, 0.717) is 28.7 Å². The van der Waals surface area contributed by atoms with Crippen molar-refractivity contribution in [3.8, 4) is 17.2 Å². The van der Waals surface area contributed by atoms with Gasteiger partial charge in [0.05, 0.1) is 26.5 Å². The van der Waals surface area contributed by atoms with E-state index in [1.165, 1.54) is 14.2 Å². The van der Waals surface area contributed by atoms with Crippen molar-refractivity contribution < 1.29 is 19.3 Å². The number of hydrazone groups is 1. The molecule has 23 heavy (non-hydrogen) atoms. The molecule has 0 amide bonds. The molecule has 126 valence electrons. The number of hydrogen-bond acceptors (Lipinski definition) is 6. The number of nitrogens with zero attached hydrogens (tertiary/aromatic N) is 1. The Hall–Kier alpha value is -2.06. The molecule has 1 heterocycles. The van der Waals surface area contributed by atoms with E-state index in [1.807, 2.05) is 0 Å². The minimum absolute atomic E-state index is 0.0474. The summed E-state index contributed by atoms with van der Waals surface area (Å²) >= 11 is 5.14. The zero-order valence-corrected chi connectivity index (χ0v) is 14.0. The van der Waals surface area contributed by atoms with Crippen molar-refractivity contribution in [3.05, 3.63) is 17.7 Å². The maximum absolute atomic E-state index is 9.85. The molecule has 1 aliphatic rings. The van der Waals surface area contributed by atoms with Crippen LogP contribution >= 0.6 is 12.2 Å². The van der Waals surface area contributed by atoms with Gasteiger partial charge in [-0.25, -0.2) is 0 Å². The van der Waals surface area contributed by atoms with Gasteiger partial charge in [-0.05, 0) is 37.2 Å². The van der Waals surface area contributed by atoms with Gasteiger partial charge in [-0.15, -0.1) is 0 Å². The van der Waals surface area contributed by atoms with Crippen LogP contribution in [0.2, 0.25) is 0 Å². The summed E-state index contributed by atoms with van der Waals surface area (Å²) in [4.78, 5) is 0. The predicted molar refractivity (Wildman–Crippen MR) is 91.5 cm³/mol. The second-order valence-electron chi connectivity index (χ2n) is 4.99. The van der Waals surface area contributed by atoms with E-state index < -0.39 is 0 Å². The summed E-state index contributed by atoms with van der Waals surface area (Å²) < 4.78 is 15.7. The molecule has 1 aromatic rings. The van der Waals surface area contributed by atoms with E-state index in [1.54, 1.807) is 18.3 Å². The summed E-state index contributed by atoms with van der Waals surface area (Å²) in [5.74, 6) is 0.573. The third kappa shape index (κ3) is 4.97. The van der Waals surface area contributed by atoms with Gasteiger partial charge in [0.25, 0.3) is 0 Å². The minimum Gasteiger partial charge on any atom is -0.502 e. The molecule has 1 fully saturated rings. The number of benzene rings is 1. The van der Waals surface area contributed by atoms with Crippen molar-refractivity contribution in [3.63, 3.8) is 0 Å². The molecular weight excluding hydrogens is 318 g/mol. The van der Waals surface area contributed by atoms with E-state index in [0.717, 1.165) is 19.4 Å². The highest BCUT2D eigenvalue weighted by Crippen LogP contribution is 2.36. The molecule has 1 unspecified atom stereocenters. The molecule has 8 heteroatoms. The zero-order valence-electron chi connectivity index (χ0n) is 13.2. The lowest BCUT2D eigenvalue weighted by Crippen LogP contribution is -2.37. The summed E-state index contributed by atoms with van der Waals surface area (Å²) in [6.45, 7) is 1.48. The topological polar surface area (TPSA) is 84.3 Å². The molecular formula is C15H21N3O4S. The lowest BCUT2D eigenvalue weighted by Gasteiger charge is -2.12. The molecule has 1 saturated heterocycles. The third-order valence-electron chi connectivity index (χ3n) is 3.40. The van der Waals surface area contributed by atoms with Gasteiger partial charge in [-0.1, -0.05) is 0 Å². The number of phenolic OH excluding ortho intramolecular Hbond substituents is 1. The Morgan fingerprint density at radius 1 is 1.43 bits per heavy atom. The minimum atomic E-state index is -0.0474. The second-order valence-corrected chi connectivity index (χ2v) is 5.40. The quantitative estimate of drug-likeness (QED) is 0.410. The molecule has 1 aromatic carbocycles. The molecule has 0 bridgehead atoms. The molecule has 1 aliphatic heterocycles. The lowest BCUT2D eigenvalue weighted by molar-refractivity contribution is 0.114. The van der Waals surface area contributed by atoms with Crippen LogP contribution in [0.4, 0.5) is 0 Å². The van der Waals surface area contributed by atoms with Crippen molar-refractivity contribution in [2.75, 3.05) is 27.4 Å². The van der Waals surface area contributed by atoms with Crippen LogP contribution < -0.4 is 20.2 Å². The van der Waals surface area contributed by atoms with Crippen LogP contribution in [0, 0.1) is 0 Å². The number of ether oxygens (including phenoxy) is 3. The molecule has 2 rings (SSSR count). The van der Waals surface area contributed by atoms with Gasteiger partial charge in [-0.3, -0.25) is 5.43 Å². The third-order valence-corrected chi connectivity index (χ3v) is 3.63. The van der Waals surface area contributed by atoms with E-state index in [2.05, 4.69) is 15.8 Å². The van der Waals surface area contributed by atoms with Crippen LogP contribution in [-0.2, 0) is 4.74 Å². The molecule has 0 saturated carbocycles. The maximum atomic E-state index is 9.85. The summed E-state index contributed by atoms with van der Waals surface area (Å²) in [6.07, 6.45) is 3.91. The number of rotatable bonds is 6. The molecule has 3 N–H and O–H groups in total. The Labute approximate surface area is 140 Å². The first-order valence-corrected chi connectivity index (χ1v) is 7.68. The van der Waals surface area contributed by atoms with Crippen LogP contribution in [0.15, 0.2) is 17.2 Å². The number of hydrogen-bond donors (Lipinski definition) is 3. The Morgan fingerprint density at radius 2 is 2.13 bits per heavy atom. The summed E-state index contributed by atoms with van der Waals surface area (Å²) in [7, 11) is 2.94. The monoisotopic (exact) mass is 339 g/mol. The molecule has 0 aliphatic carbocycles. The fourth-order valence-electron chi connectivity index (χ4n) is 2.21. The number of aromatic hydroxyl groups is 1. The molecule has 0 aromatic heterocycles. The highest BCUT2D eigenvalue weighted by Gasteiger charge is 2.15. The number of nitrogens with one attached hydrogen (secondary N) is 2. The highest BCUT2D eigenvalue weighted by molar-refractivity contribution is 7.80. The van der Waals surface area contributed by atoms with Crippen LogP contribution in [0.5, 0.6) is 17.2 Å². The smallest absolute Gasteiger partial charge is 0.200 e. The largest absolute Gasteiger partial charge is 0.502 e. The molecule has 1 atom stereocenters. The Morgan fingerprint density at radius 3 is 2.70 bits per heavy atom. The Bertz CT molecular complexity index is 549. The van der Waals surface area contributed by atoms with Crippen LogP contribution in [-0.4, -0.2) is 49.9 Å². The van der Waals surface area contributed by atoms with Crippen molar-refractivity contribution in [2.45, 2.75) is 18.9 Å². The van der Waals surface area contributed by atoms with Gasteiger partial charge in [0, 0.05) is 18.7 Å². The lowest BCUT2D eigenvalue weighted by atomic mass is 10.2. The van der Waals surface area contributed by atoms with Crippen molar-refractivity contribution in [1.82, 2.24) is 10.7 Å². The first-order valence-electron chi connectivity index (χ1n) is 7.27. The maximum Gasteiger partial charge on any atom is 0.200 e. The fourth-order valence-corrected chi connectivity index (χ4v) is 2.34. The fraction of sp³-hybridized carbons (Fsp3) is 0.467. The molecule has 0 spiro atoms. The van der Waals surface area contributed by atoms with Crippen molar-refractivity contribution >= 4 is 23.5 Å². The second kappa shape index (κ2) is 8.54. The first-order chi connectivity index (χ1) is 11.1. The average Bonchev–Trinajstić information content (AvgIpc) is 3.07. The summed E-state index contributed by atoms with van der Waals surface area (Å²) in [5.41, 5.74) is 3.43. The van der Waals surface area contributed by atoms with Gasteiger partial charge < -0.3 is 24.6 Å². The predicted octanol–water partition coefficient (Wildman–Crippen LogP) is 1.39. The van der Waals surface area contributed by atoms with E-state index in [9.17, 15) is 5.11 Å². The van der Waals surface area contributed by atoms with E-state index >= 15 is 0 Å². The Kier molecular flexibility index (Phi) is 6.42. The van der Waals surface area contributed by atoms with Crippen molar-refractivity contribution in [2.24, 2.45) is 5.10 Å². The van der Waals surface area contributed by atoms with Crippen molar-refractivity contribution in [1.29, 1.82) is 0 Å². The Balaban J connectivity index is 1.88. The average molecular weight is 339 g/mol. The van der Waals surface area contributed by atoms with Crippen LogP contribution in [0.1, 0.15) is 18.4 Å². The van der Waals surface area contributed by atoms with Gasteiger partial charge in [-0.2, -0.15) is 5.10 Å². The highest BCUT2D eigenvalue weighted by atomic mass is 32.1. The van der Waals surface area contributed by atoms with E-state index in [4.69, 9.17) is 26.4 Å². The molecule has 7 nitrogen and oxygen atoms in total. The van der Waals surface area contributed by atoms with Crippen LogP contribution in [0.25, 0.3) is 0 Å². The number of thiocarbonyl (C=S) groups is 1. The normalized spacial score (nSPS) is 17.2. The molecule has 0 radical (unpaired) electrons. The van der Waals surface area contributed by atoms with Gasteiger partial charge in [0.1, 0.15) is 0 Å². The number of methoxy groups -OCH3 is 2. The van der Waals surface area contributed by atoms with Gasteiger partial charge in [0.15, 0.2) is 16.6 Å². The van der Waals surface area contributed by atoms with E-state index in [-0.39, 0.29) is 11.9 Å². The summed E-state index contributed by atoms with van der Waals surface area (Å²) in [5, 5.41) is 17.4. The number of phenols is 1. The summed E-state index contributed by atoms with van der Waals surface area (Å²) in [6, 6.07) is 3.29. The SMILES string of the molecule is COc1cc(C=NNC(=S)NCC2CCCO2)cc(OC)c1O. The zero-order chi connectivity index (χ0) is 16.7. The first kappa shape index (κ1) is 17.3. The van der Waals surface area contributed by atoms with Crippen LogP contribution in [0.3, 0.4) is 0 Å². The standard InChI is InChI=1S/C15H21N3O4S/c1-20-12-6-10(7-13(21-2)14(12)19)8-17-18-15(23)16-9-11-4-3-5-22-11/h6-8,11,19H,3-5,9H2,1-2H3,(H2,16,18,23). The van der Waals surface area contributed by atoms with Gasteiger partial charge >= 0.3 is 0 Å².